The topological polar surface area (TPSA) is 60.8 Å². The van der Waals surface area contributed by atoms with E-state index in [-0.39, 0.29) is 18.6 Å². The Labute approximate surface area is 110 Å². The molecule has 0 unspecified atom stereocenters. The minimum Gasteiger partial charge on any atom is -0.481 e. The number of carbonyl (C=O) groups is 1. The van der Waals surface area contributed by atoms with Gasteiger partial charge in [-0.05, 0) is 45.7 Å². The van der Waals surface area contributed by atoms with E-state index in [9.17, 15) is 4.79 Å². The van der Waals surface area contributed by atoms with E-state index in [4.69, 9.17) is 10.2 Å². The van der Waals surface area contributed by atoms with Gasteiger partial charge in [0.15, 0.2) is 0 Å². The molecule has 2 N–H and O–H groups in total. The molecule has 0 saturated heterocycles. The highest BCUT2D eigenvalue weighted by atomic mass is 16.4. The second kappa shape index (κ2) is 7.74. The highest BCUT2D eigenvalue weighted by molar-refractivity contribution is 5.68. The first-order valence-electron chi connectivity index (χ1n) is 7.15. The van der Waals surface area contributed by atoms with E-state index in [0.29, 0.717) is 0 Å². The zero-order chi connectivity index (χ0) is 13.4. The molecule has 0 amide bonds. The van der Waals surface area contributed by atoms with Crippen molar-refractivity contribution >= 4 is 5.97 Å². The summed E-state index contributed by atoms with van der Waals surface area (Å²) >= 11 is 0. The van der Waals surface area contributed by atoms with Crippen LogP contribution in [0.1, 0.15) is 57.8 Å². The van der Waals surface area contributed by atoms with Gasteiger partial charge in [-0.3, -0.25) is 4.79 Å². The summed E-state index contributed by atoms with van der Waals surface area (Å²) in [7, 11) is 2.06. The van der Waals surface area contributed by atoms with E-state index >= 15 is 0 Å². The van der Waals surface area contributed by atoms with Crippen LogP contribution in [0.3, 0.4) is 0 Å². The van der Waals surface area contributed by atoms with Crippen molar-refractivity contribution in [2.24, 2.45) is 0 Å². The second-order valence-corrected chi connectivity index (χ2v) is 5.56. The third-order valence-corrected chi connectivity index (χ3v) is 4.23. The van der Waals surface area contributed by atoms with E-state index in [1.165, 1.54) is 6.42 Å². The van der Waals surface area contributed by atoms with Gasteiger partial charge in [0.2, 0.25) is 0 Å². The summed E-state index contributed by atoms with van der Waals surface area (Å²) in [5.41, 5.74) is -0.122. The molecular formula is C14H27NO3. The minimum absolute atomic E-state index is 0.122. The average molecular weight is 257 g/mol. The van der Waals surface area contributed by atoms with Crippen molar-refractivity contribution in [1.29, 1.82) is 0 Å². The van der Waals surface area contributed by atoms with Gasteiger partial charge in [-0.1, -0.05) is 19.3 Å². The third kappa shape index (κ3) is 4.58. The number of hydrogen-bond acceptors (Lipinski definition) is 3. The fraction of sp³-hybridized carbons (Fsp3) is 0.929. The molecule has 4 nitrogen and oxygen atoms in total. The van der Waals surface area contributed by atoms with Crippen LogP contribution in [0.25, 0.3) is 0 Å². The fourth-order valence-corrected chi connectivity index (χ4v) is 3.06. The van der Waals surface area contributed by atoms with Gasteiger partial charge in [0.05, 0.1) is 6.42 Å². The number of aliphatic carboxylic acids is 1. The predicted octanol–water partition coefficient (Wildman–Crippen LogP) is 2.26. The Morgan fingerprint density at radius 3 is 2.39 bits per heavy atom. The van der Waals surface area contributed by atoms with Crippen molar-refractivity contribution in [3.05, 3.63) is 0 Å². The summed E-state index contributed by atoms with van der Waals surface area (Å²) in [6.07, 6.45) is 8.72. The summed E-state index contributed by atoms with van der Waals surface area (Å²) in [5.74, 6) is -0.681. The lowest BCUT2D eigenvalue weighted by Crippen LogP contribution is -2.49. The first-order chi connectivity index (χ1) is 8.60. The van der Waals surface area contributed by atoms with Crippen molar-refractivity contribution in [2.75, 3.05) is 20.2 Å². The van der Waals surface area contributed by atoms with Crippen molar-refractivity contribution in [2.45, 2.75) is 63.3 Å². The Balaban J connectivity index is 2.50. The van der Waals surface area contributed by atoms with Crippen LogP contribution in [-0.4, -0.2) is 46.8 Å². The summed E-state index contributed by atoms with van der Waals surface area (Å²) in [4.78, 5) is 13.4. The van der Waals surface area contributed by atoms with Crippen molar-refractivity contribution in [1.82, 2.24) is 4.90 Å². The largest absolute Gasteiger partial charge is 0.481 e. The molecule has 1 rings (SSSR count). The van der Waals surface area contributed by atoms with Gasteiger partial charge in [-0.25, -0.2) is 0 Å². The van der Waals surface area contributed by atoms with E-state index in [2.05, 4.69) is 11.9 Å². The van der Waals surface area contributed by atoms with Crippen molar-refractivity contribution in [3.8, 4) is 0 Å². The average Bonchev–Trinajstić information content (AvgIpc) is 2.34. The van der Waals surface area contributed by atoms with Crippen LogP contribution in [0.4, 0.5) is 0 Å². The first-order valence-corrected chi connectivity index (χ1v) is 7.15. The second-order valence-electron chi connectivity index (χ2n) is 5.56. The van der Waals surface area contributed by atoms with E-state index < -0.39 is 5.97 Å². The molecule has 4 heteroatoms. The molecule has 0 spiro atoms. The molecule has 0 aromatic rings. The van der Waals surface area contributed by atoms with Crippen LogP contribution in [-0.2, 0) is 4.79 Å². The molecule has 0 aromatic heterocycles. The Morgan fingerprint density at radius 1 is 1.17 bits per heavy atom. The normalized spacial score (nSPS) is 19.1. The quantitative estimate of drug-likeness (QED) is 0.655. The van der Waals surface area contributed by atoms with Crippen LogP contribution in [0, 0.1) is 0 Å². The molecule has 0 radical (unpaired) electrons. The summed E-state index contributed by atoms with van der Waals surface area (Å²) in [5, 5.41) is 17.9. The lowest BCUT2D eigenvalue weighted by Gasteiger charge is -2.44. The van der Waals surface area contributed by atoms with Gasteiger partial charge in [-0.2, -0.15) is 0 Å². The maximum Gasteiger partial charge on any atom is 0.305 e. The minimum atomic E-state index is -0.681. The standard InChI is InChI=1S/C14H27NO3/c1-15(10-6-3-7-11-16)14(12-13(17)18)8-4-2-5-9-14/h16H,2-12H2,1H3,(H,17,18). The lowest BCUT2D eigenvalue weighted by atomic mass is 9.78. The SMILES string of the molecule is CN(CCCCCO)C1(CC(=O)O)CCCCC1. The highest BCUT2D eigenvalue weighted by Crippen LogP contribution is 2.35. The van der Waals surface area contributed by atoms with Crippen LogP contribution in [0.2, 0.25) is 0 Å². The van der Waals surface area contributed by atoms with Crippen LogP contribution < -0.4 is 0 Å². The van der Waals surface area contributed by atoms with Gasteiger partial charge >= 0.3 is 5.97 Å². The monoisotopic (exact) mass is 257 g/mol. The third-order valence-electron chi connectivity index (χ3n) is 4.23. The Morgan fingerprint density at radius 2 is 1.83 bits per heavy atom. The lowest BCUT2D eigenvalue weighted by molar-refractivity contribution is -0.141. The van der Waals surface area contributed by atoms with Crippen LogP contribution in [0.5, 0.6) is 0 Å². The summed E-state index contributed by atoms with van der Waals surface area (Å²) in [6, 6.07) is 0. The van der Waals surface area contributed by atoms with Crippen molar-refractivity contribution in [3.63, 3.8) is 0 Å². The molecular weight excluding hydrogens is 230 g/mol. The fourth-order valence-electron chi connectivity index (χ4n) is 3.06. The van der Waals surface area contributed by atoms with Gasteiger partial charge in [0.1, 0.15) is 0 Å². The maximum absolute atomic E-state index is 11.1. The molecule has 0 aliphatic heterocycles. The van der Waals surface area contributed by atoms with E-state index in [0.717, 1.165) is 51.5 Å². The molecule has 0 aromatic carbocycles. The molecule has 106 valence electrons. The zero-order valence-corrected chi connectivity index (χ0v) is 11.5. The van der Waals surface area contributed by atoms with Gasteiger partial charge in [0, 0.05) is 12.1 Å². The van der Waals surface area contributed by atoms with Crippen molar-refractivity contribution < 1.29 is 15.0 Å². The molecule has 0 heterocycles. The number of aliphatic hydroxyl groups is 1. The number of carboxylic acids is 1. The zero-order valence-electron chi connectivity index (χ0n) is 11.5. The number of rotatable bonds is 8. The van der Waals surface area contributed by atoms with E-state index in [1.54, 1.807) is 0 Å². The first kappa shape index (κ1) is 15.4. The van der Waals surface area contributed by atoms with Gasteiger partial charge < -0.3 is 15.1 Å². The van der Waals surface area contributed by atoms with Gasteiger partial charge in [-0.15, -0.1) is 0 Å². The number of carboxylic acid groups (broad SMARTS) is 1. The molecule has 1 fully saturated rings. The molecule has 1 saturated carbocycles. The number of hydrogen-bond donors (Lipinski definition) is 2. The smallest absolute Gasteiger partial charge is 0.305 e. The maximum atomic E-state index is 11.1. The highest BCUT2D eigenvalue weighted by Gasteiger charge is 2.37. The molecule has 18 heavy (non-hydrogen) atoms. The number of nitrogens with zero attached hydrogens (tertiary/aromatic N) is 1. The van der Waals surface area contributed by atoms with Crippen LogP contribution in [0.15, 0.2) is 0 Å². The molecule has 0 bridgehead atoms. The predicted molar refractivity (Wildman–Crippen MR) is 71.6 cm³/mol. The Hall–Kier alpha value is -0.610. The summed E-state index contributed by atoms with van der Waals surface area (Å²) in [6.45, 7) is 1.19. The van der Waals surface area contributed by atoms with E-state index in [1.807, 2.05) is 0 Å². The number of aliphatic hydroxyl groups excluding tert-OH is 1. The number of unbranched alkanes of at least 4 members (excludes halogenated alkanes) is 2. The molecule has 0 atom stereocenters. The molecule has 1 aliphatic rings. The summed E-state index contributed by atoms with van der Waals surface area (Å²) < 4.78 is 0. The Bertz CT molecular complexity index is 249. The van der Waals surface area contributed by atoms with Crippen LogP contribution >= 0.6 is 0 Å². The molecule has 1 aliphatic carbocycles. The van der Waals surface area contributed by atoms with Gasteiger partial charge in [0.25, 0.3) is 0 Å². The Kier molecular flexibility index (Phi) is 6.65.